The number of carbonyl (C=O) groups is 1. The summed E-state index contributed by atoms with van der Waals surface area (Å²) in [6.07, 6.45) is 0.756. The molecule has 8 nitrogen and oxygen atoms in total. The van der Waals surface area contributed by atoms with Gasteiger partial charge >= 0.3 is 0 Å². The normalized spacial score (nSPS) is 14.3. The fourth-order valence-corrected chi connectivity index (χ4v) is 4.21. The van der Waals surface area contributed by atoms with Gasteiger partial charge in [-0.3, -0.25) is 18.6 Å². The maximum atomic E-state index is 13.3. The number of amides is 1. The van der Waals surface area contributed by atoms with Gasteiger partial charge in [0, 0.05) is 31.0 Å². The highest BCUT2D eigenvalue weighted by molar-refractivity contribution is 6.30. The van der Waals surface area contributed by atoms with Crippen LogP contribution in [0, 0.1) is 0 Å². The molecule has 1 aliphatic rings. The smallest absolute Gasteiger partial charge is 0.263 e. The topological polar surface area (TPSA) is 81.7 Å². The largest absolute Gasteiger partial charge is 0.378 e. The first-order valence-corrected chi connectivity index (χ1v) is 10.9. The second-order valence-electron chi connectivity index (χ2n) is 7.78. The summed E-state index contributed by atoms with van der Waals surface area (Å²) < 4.78 is 8.83. The fraction of sp³-hybridized carbons (Fsp3) is 0.304. The van der Waals surface area contributed by atoms with Crippen LogP contribution in [0.1, 0.15) is 17.8 Å². The summed E-state index contributed by atoms with van der Waals surface area (Å²) >= 11 is 6.01. The molecule has 32 heavy (non-hydrogen) atoms. The van der Waals surface area contributed by atoms with Crippen LogP contribution in [0.3, 0.4) is 0 Å². The quantitative estimate of drug-likeness (QED) is 0.465. The number of rotatable bonds is 5. The number of aromatic nitrogens is 4. The molecule has 5 rings (SSSR count). The molecule has 0 unspecified atom stereocenters. The molecule has 3 heterocycles. The van der Waals surface area contributed by atoms with Crippen molar-refractivity contribution in [2.24, 2.45) is 0 Å². The van der Waals surface area contributed by atoms with E-state index in [0.717, 1.165) is 11.1 Å². The van der Waals surface area contributed by atoms with Gasteiger partial charge in [0.15, 0.2) is 0 Å². The van der Waals surface area contributed by atoms with Gasteiger partial charge in [-0.1, -0.05) is 35.9 Å². The van der Waals surface area contributed by atoms with Crippen molar-refractivity contribution in [2.45, 2.75) is 19.4 Å². The number of halogens is 1. The van der Waals surface area contributed by atoms with Crippen LogP contribution in [0.4, 0.5) is 0 Å². The van der Waals surface area contributed by atoms with Crippen molar-refractivity contribution in [1.29, 1.82) is 0 Å². The van der Waals surface area contributed by atoms with Crippen molar-refractivity contribution >= 4 is 34.2 Å². The molecule has 164 valence electrons. The predicted octanol–water partition coefficient (Wildman–Crippen LogP) is 2.54. The van der Waals surface area contributed by atoms with Crippen LogP contribution in [0.2, 0.25) is 5.02 Å². The molecule has 0 radical (unpaired) electrons. The average Bonchev–Trinajstić information content (AvgIpc) is 3.26. The number of para-hydroxylation sites is 1. The van der Waals surface area contributed by atoms with Gasteiger partial charge in [0.1, 0.15) is 5.82 Å². The van der Waals surface area contributed by atoms with Crippen LogP contribution >= 0.6 is 11.6 Å². The second-order valence-corrected chi connectivity index (χ2v) is 8.22. The lowest BCUT2D eigenvalue weighted by molar-refractivity contribution is -0.135. The maximum absolute atomic E-state index is 13.3. The van der Waals surface area contributed by atoms with Crippen LogP contribution in [-0.2, 0) is 22.5 Å². The maximum Gasteiger partial charge on any atom is 0.263 e. The summed E-state index contributed by atoms with van der Waals surface area (Å²) in [6, 6.07) is 14.8. The van der Waals surface area contributed by atoms with E-state index in [1.165, 1.54) is 0 Å². The van der Waals surface area contributed by atoms with Crippen LogP contribution in [0.5, 0.6) is 0 Å². The summed E-state index contributed by atoms with van der Waals surface area (Å²) in [5.41, 5.74) is 1.53. The Morgan fingerprint density at radius 2 is 1.78 bits per heavy atom. The Morgan fingerprint density at radius 3 is 2.56 bits per heavy atom. The molecule has 2 aromatic carbocycles. The van der Waals surface area contributed by atoms with Crippen LogP contribution in [0.25, 0.3) is 16.7 Å². The summed E-state index contributed by atoms with van der Waals surface area (Å²) in [4.78, 5) is 27.7. The van der Waals surface area contributed by atoms with E-state index in [9.17, 15) is 9.59 Å². The molecule has 9 heteroatoms. The van der Waals surface area contributed by atoms with Gasteiger partial charge in [-0.25, -0.2) is 0 Å². The lowest BCUT2D eigenvalue weighted by Crippen LogP contribution is -2.40. The standard InChI is InChI=1S/C23H22ClN5O3/c24-17-7-5-16(6-8-17)15-28-22(31)18-3-1-2-4-19(18)29-20(25-26-23(28)29)9-10-21(30)27-11-13-32-14-12-27/h1-8H,9-15H2. The molecule has 1 fully saturated rings. The van der Waals surface area contributed by atoms with E-state index in [1.807, 2.05) is 39.6 Å². The molecule has 0 bridgehead atoms. The number of hydrogen-bond donors (Lipinski definition) is 0. The van der Waals surface area contributed by atoms with E-state index in [4.69, 9.17) is 16.3 Å². The van der Waals surface area contributed by atoms with Crippen LogP contribution < -0.4 is 5.56 Å². The van der Waals surface area contributed by atoms with E-state index < -0.39 is 0 Å². The molecular weight excluding hydrogens is 430 g/mol. The molecule has 0 aliphatic carbocycles. The minimum atomic E-state index is -0.133. The zero-order valence-electron chi connectivity index (χ0n) is 17.4. The lowest BCUT2D eigenvalue weighted by atomic mass is 10.2. The zero-order chi connectivity index (χ0) is 22.1. The Kier molecular flexibility index (Phi) is 5.63. The van der Waals surface area contributed by atoms with Gasteiger partial charge in [-0.15, -0.1) is 10.2 Å². The van der Waals surface area contributed by atoms with E-state index in [-0.39, 0.29) is 11.5 Å². The van der Waals surface area contributed by atoms with Crippen molar-refractivity contribution in [1.82, 2.24) is 24.1 Å². The minimum Gasteiger partial charge on any atom is -0.378 e. The summed E-state index contributed by atoms with van der Waals surface area (Å²) in [6.45, 7) is 2.71. The molecule has 1 saturated heterocycles. The van der Waals surface area contributed by atoms with Crippen molar-refractivity contribution in [3.8, 4) is 0 Å². The minimum absolute atomic E-state index is 0.0730. The predicted molar refractivity (Wildman–Crippen MR) is 121 cm³/mol. The van der Waals surface area contributed by atoms with E-state index in [0.29, 0.717) is 67.7 Å². The number of carbonyl (C=O) groups excluding carboxylic acids is 1. The summed E-state index contributed by atoms with van der Waals surface area (Å²) in [5, 5.41) is 9.91. The molecule has 0 saturated carbocycles. The fourth-order valence-electron chi connectivity index (χ4n) is 4.08. The van der Waals surface area contributed by atoms with Crippen molar-refractivity contribution < 1.29 is 9.53 Å². The van der Waals surface area contributed by atoms with Gasteiger partial charge in [0.25, 0.3) is 5.56 Å². The molecule has 4 aromatic rings. The molecular formula is C23H22ClN5O3. The third-order valence-electron chi connectivity index (χ3n) is 5.76. The first-order chi connectivity index (χ1) is 15.6. The van der Waals surface area contributed by atoms with Crippen molar-refractivity contribution in [2.75, 3.05) is 26.3 Å². The summed E-state index contributed by atoms with van der Waals surface area (Å²) in [5.74, 6) is 1.18. The summed E-state index contributed by atoms with van der Waals surface area (Å²) in [7, 11) is 0. The third kappa shape index (κ3) is 3.87. The SMILES string of the molecule is O=C(CCc1nnc2n(Cc3ccc(Cl)cc3)c(=O)c3ccccc3n12)N1CCOCC1. The molecule has 0 spiro atoms. The number of aryl methyl sites for hydroxylation is 1. The molecule has 1 aliphatic heterocycles. The van der Waals surface area contributed by atoms with Crippen molar-refractivity contribution in [3.05, 3.63) is 75.3 Å². The van der Waals surface area contributed by atoms with Crippen molar-refractivity contribution in [3.63, 3.8) is 0 Å². The highest BCUT2D eigenvalue weighted by Gasteiger charge is 2.20. The number of nitrogens with zero attached hydrogens (tertiary/aromatic N) is 5. The van der Waals surface area contributed by atoms with E-state index in [1.54, 1.807) is 22.8 Å². The van der Waals surface area contributed by atoms with Gasteiger partial charge in [-0.05, 0) is 29.8 Å². The Balaban J connectivity index is 1.54. The van der Waals surface area contributed by atoms with Gasteiger partial charge in [-0.2, -0.15) is 0 Å². The van der Waals surface area contributed by atoms with Gasteiger partial charge < -0.3 is 9.64 Å². The number of hydrogen-bond acceptors (Lipinski definition) is 5. The number of fused-ring (bicyclic) bond motifs is 3. The van der Waals surface area contributed by atoms with E-state index in [2.05, 4.69) is 10.2 Å². The third-order valence-corrected chi connectivity index (χ3v) is 6.01. The number of morpholine rings is 1. The molecule has 1 amide bonds. The Labute approximate surface area is 189 Å². The molecule has 2 aromatic heterocycles. The molecule has 0 N–H and O–H groups in total. The monoisotopic (exact) mass is 451 g/mol. The number of benzene rings is 2. The van der Waals surface area contributed by atoms with Gasteiger partial charge in [0.2, 0.25) is 11.7 Å². The second kappa shape index (κ2) is 8.72. The Bertz CT molecular complexity index is 1340. The lowest BCUT2D eigenvalue weighted by Gasteiger charge is -2.26. The first kappa shape index (κ1) is 20.7. The highest BCUT2D eigenvalue weighted by Crippen LogP contribution is 2.18. The number of ether oxygens (including phenoxy) is 1. The van der Waals surface area contributed by atoms with Crippen LogP contribution in [0.15, 0.2) is 53.3 Å². The van der Waals surface area contributed by atoms with Gasteiger partial charge in [0.05, 0.1) is 30.7 Å². The molecule has 0 atom stereocenters. The highest BCUT2D eigenvalue weighted by atomic mass is 35.5. The average molecular weight is 452 g/mol. The van der Waals surface area contributed by atoms with Crippen LogP contribution in [-0.4, -0.2) is 56.3 Å². The van der Waals surface area contributed by atoms with E-state index >= 15 is 0 Å². The Morgan fingerprint density at radius 1 is 1.03 bits per heavy atom. The first-order valence-electron chi connectivity index (χ1n) is 10.6. The Hall–Kier alpha value is -3.23. The zero-order valence-corrected chi connectivity index (χ0v) is 18.2.